The summed E-state index contributed by atoms with van der Waals surface area (Å²) in [5, 5.41) is 12.2. The molecule has 134 valence electrons. The fourth-order valence-corrected chi connectivity index (χ4v) is 3.54. The number of carbonyl (C=O) groups is 1. The average molecular weight is 389 g/mol. The number of ether oxygens (including phenoxy) is 2. The third kappa shape index (κ3) is 4.84. The first kappa shape index (κ1) is 18.4. The molecule has 0 unspecified atom stereocenters. The molecule has 0 aromatic heterocycles. The fourth-order valence-electron chi connectivity index (χ4n) is 2.49. The van der Waals surface area contributed by atoms with Crippen molar-refractivity contribution in [3.8, 4) is 17.6 Å². The van der Waals surface area contributed by atoms with Crippen LogP contribution in [0.15, 0.2) is 36.4 Å². The predicted octanol–water partition coefficient (Wildman–Crippen LogP) is 4.24. The molecule has 2 aromatic rings. The predicted molar refractivity (Wildman–Crippen MR) is 103 cm³/mol. The van der Waals surface area contributed by atoms with E-state index < -0.39 is 0 Å². The highest BCUT2D eigenvalue weighted by Gasteiger charge is 2.15. The fraction of sp³-hybridized carbons (Fsp3) is 0.263. The first-order valence-electron chi connectivity index (χ1n) is 8.11. The molecule has 0 spiro atoms. The van der Waals surface area contributed by atoms with E-state index in [9.17, 15) is 4.79 Å². The third-order valence-corrected chi connectivity index (χ3v) is 4.92. The Labute approximate surface area is 161 Å². The van der Waals surface area contributed by atoms with Gasteiger partial charge in [0.2, 0.25) is 5.91 Å². The SMILES string of the molecule is N#Cc1cccc(NC(=O)CSCc2cc(Cl)c3c(c2)OCCCO3)c1. The molecule has 1 aliphatic rings. The zero-order valence-electron chi connectivity index (χ0n) is 14.0. The Morgan fingerprint density at radius 3 is 2.96 bits per heavy atom. The van der Waals surface area contributed by atoms with Crippen molar-refractivity contribution in [3.05, 3.63) is 52.5 Å². The molecule has 0 saturated carbocycles. The van der Waals surface area contributed by atoms with E-state index in [1.54, 1.807) is 24.3 Å². The number of benzene rings is 2. The van der Waals surface area contributed by atoms with Crippen molar-refractivity contribution in [1.29, 1.82) is 5.26 Å². The highest BCUT2D eigenvalue weighted by molar-refractivity contribution is 7.99. The molecule has 0 bridgehead atoms. The van der Waals surface area contributed by atoms with Crippen molar-refractivity contribution in [2.45, 2.75) is 12.2 Å². The van der Waals surface area contributed by atoms with Gasteiger partial charge in [-0.15, -0.1) is 11.8 Å². The smallest absolute Gasteiger partial charge is 0.234 e. The van der Waals surface area contributed by atoms with Gasteiger partial charge in [-0.3, -0.25) is 4.79 Å². The number of nitrogens with zero attached hydrogens (tertiary/aromatic N) is 1. The van der Waals surface area contributed by atoms with Crippen LogP contribution >= 0.6 is 23.4 Å². The maximum atomic E-state index is 12.1. The zero-order chi connectivity index (χ0) is 18.4. The second kappa shape index (κ2) is 8.84. The normalized spacial score (nSPS) is 12.8. The molecule has 1 heterocycles. The van der Waals surface area contributed by atoms with Crippen molar-refractivity contribution in [2.24, 2.45) is 0 Å². The van der Waals surface area contributed by atoms with E-state index >= 15 is 0 Å². The number of amides is 1. The van der Waals surface area contributed by atoms with Crippen molar-refractivity contribution >= 4 is 35.0 Å². The highest BCUT2D eigenvalue weighted by atomic mass is 35.5. The lowest BCUT2D eigenvalue weighted by atomic mass is 10.2. The van der Waals surface area contributed by atoms with Gasteiger partial charge in [-0.25, -0.2) is 0 Å². The molecule has 0 saturated heterocycles. The molecule has 0 atom stereocenters. The van der Waals surface area contributed by atoms with Crippen LogP contribution in [0.2, 0.25) is 5.02 Å². The highest BCUT2D eigenvalue weighted by Crippen LogP contribution is 2.38. The Morgan fingerprint density at radius 1 is 1.27 bits per heavy atom. The van der Waals surface area contributed by atoms with Crippen LogP contribution < -0.4 is 14.8 Å². The maximum absolute atomic E-state index is 12.1. The van der Waals surface area contributed by atoms with E-state index in [1.165, 1.54) is 11.8 Å². The summed E-state index contributed by atoms with van der Waals surface area (Å²) in [6.45, 7) is 1.19. The van der Waals surface area contributed by atoms with Crippen molar-refractivity contribution in [1.82, 2.24) is 0 Å². The van der Waals surface area contributed by atoms with Crippen molar-refractivity contribution in [2.75, 3.05) is 24.3 Å². The molecule has 0 radical (unpaired) electrons. The molecule has 1 aliphatic heterocycles. The van der Waals surface area contributed by atoms with E-state index in [1.807, 2.05) is 18.2 Å². The van der Waals surface area contributed by atoms with Gasteiger partial charge < -0.3 is 14.8 Å². The molecular formula is C19H17ClN2O3S. The number of rotatable bonds is 5. The lowest BCUT2D eigenvalue weighted by molar-refractivity contribution is -0.113. The molecule has 1 N–H and O–H groups in total. The average Bonchev–Trinajstić information content (AvgIpc) is 2.88. The Kier molecular flexibility index (Phi) is 6.26. The summed E-state index contributed by atoms with van der Waals surface area (Å²) in [7, 11) is 0. The van der Waals surface area contributed by atoms with E-state index in [4.69, 9.17) is 26.3 Å². The summed E-state index contributed by atoms with van der Waals surface area (Å²) in [5.74, 6) is 2.05. The molecule has 5 nitrogen and oxygen atoms in total. The molecule has 26 heavy (non-hydrogen) atoms. The first-order chi connectivity index (χ1) is 12.7. The van der Waals surface area contributed by atoms with E-state index in [0.717, 1.165) is 12.0 Å². The van der Waals surface area contributed by atoms with E-state index in [2.05, 4.69) is 5.32 Å². The Balaban J connectivity index is 1.54. The molecule has 2 aromatic carbocycles. The Hall–Kier alpha value is -2.36. The van der Waals surface area contributed by atoms with Gasteiger partial charge in [0.25, 0.3) is 0 Å². The van der Waals surface area contributed by atoms with Gasteiger partial charge in [-0.2, -0.15) is 5.26 Å². The minimum atomic E-state index is -0.120. The quantitative estimate of drug-likeness (QED) is 0.829. The minimum absolute atomic E-state index is 0.120. The van der Waals surface area contributed by atoms with E-state index in [-0.39, 0.29) is 5.91 Å². The van der Waals surface area contributed by atoms with Crippen LogP contribution in [0.3, 0.4) is 0 Å². The lowest BCUT2D eigenvalue weighted by Gasteiger charge is -2.11. The number of hydrogen-bond acceptors (Lipinski definition) is 5. The molecule has 1 amide bonds. The lowest BCUT2D eigenvalue weighted by Crippen LogP contribution is -2.14. The monoisotopic (exact) mass is 388 g/mol. The van der Waals surface area contributed by atoms with Gasteiger partial charge in [0, 0.05) is 17.9 Å². The summed E-state index contributed by atoms with van der Waals surface area (Å²) >= 11 is 7.75. The van der Waals surface area contributed by atoms with Crippen LogP contribution in [0.25, 0.3) is 0 Å². The summed E-state index contributed by atoms with van der Waals surface area (Å²) in [6.07, 6.45) is 0.822. The van der Waals surface area contributed by atoms with Crippen molar-refractivity contribution < 1.29 is 14.3 Å². The number of fused-ring (bicyclic) bond motifs is 1. The van der Waals surface area contributed by atoms with Gasteiger partial charge in [-0.05, 0) is 35.9 Å². The standard InChI is InChI=1S/C19H17ClN2O3S/c20-16-8-14(9-17-19(16)25-6-2-5-24-17)11-26-12-18(23)22-15-4-1-3-13(7-15)10-21/h1,3-4,7-9H,2,5-6,11-12H2,(H,22,23). The van der Waals surface area contributed by atoms with Gasteiger partial charge >= 0.3 is 0 Å². The molecule has 3 rings (SSSR count). The summed E-state index contributed by atoms with van der Waals surface area (Å²) in [6, 6.07) is 12.6. The Bertz CT molecular complexity index is 851. The summed E-state index contributed by atoms with van der Waals surface area (Å²) in [4.78, 5) is 12.1. The van der Waals surface area contributed by atoms with Gasteiger partial charge in [0.15, 0.2) is 11.5 Å². The minimum Gasteiger partial charge on any atom is -0.489 e. The number of thioether (sulfide) groups is 1. The van der Waals surface area contributed by atoms with Crippen LogP contribution in [0, 0.1) is 11.3 Å². The number of nitriles is 1. The summed E-state index contributed by atoms with van der Waals surface area (Å²) in [5.41, 5.74) is 2.11. The number of hydrogen-bond donors (Lipinski definition) is 1. The summed E-state index contributed by atoms with van der Waals surface area (Å²) < 4.78 is 11.3. The zero-order valence-corrected chi connectivity index (χ0v) is 15.5. The molecule has 0 aliphatic carbocycles. The number of nitrogens with one attached hydrogen (secondary N) is 1. The van der Waals surface area contributed by atoms with Crippen LogP contribution in [0.1, 0.15) is 17.5 Å². The number of halogens is 1. The molecule has 7 heteroatoms. The number of anilines is 1. The third-order valence-electron chi connectivity index (χ3n) is 3.64. The van der Waals surface area contributed by atoms with Crippen LogP contribution in [-0.4, -0.2) is 24.9 Å². The van der Waals surface area contributed by atoms with Gasteiger partial charge in [0.1, 0.15) is 0 Å². The van der Waals surface area contributed by atoms with Crippen LogP contribution in [-0.2, 0) is 10.5 Å². The number of carbonyl (C=O) groups excluding carboxylic acids is 1. The van der Waals surface area contributed by atoms with Gasteiger partial charge in [-0.1, -0.05) is 17.7 Å². The Morgan fingerprint density at radius 2 is 2.12 bits per heavy atom. The van der Waals surface area contributed by atoms with E-state index in [0.29, 0.717) is 52.5 Å². The first-order valence-corrected chi connectivity index (χ1v) is 9.65. The maximum Gasteiger partial charge on any atom is 0.234 e. The van der Waals surface area contributed by atoms with Gasteiger partial charge in [0.05, 0.1) is 35.6 Å². The topological polar surface area (TPSA) is 71.4 Å². The van der Waals surface area contributed by atoms with Crippen LogP contribution in [0.4, 0.5) is 5.69 Å². The largest absolute Gasteiger partial charge is 0.489 e. The molecule has 0 fully saturated rings. The van der Waals surface area contributed by atoms with Crippen LogP contribution in [0.5, 0.6) is 11.5 Å². The second-order valence-electron chi connectivity index (χ2n) is 5.69. The second-order valence-corrected chi connectivity index (χ2v) is 7.08. The molecular weight excluding hydrogens is 372 g/mol. The van der Waals surface area contributed by atoms with Crippen molar-refractivity contribution in [3.63, 3.8) is 0 Å².